The fourth-order valence-electron chi connectivity index (χ4n) is 2.99. The number of rotatable bonds is 1. The number of allylic oxidation sites excluding steroid dienone is 2. The van der Waals surface area contributed by atoms with E-state index in [1.54, 1.807) is 6.20 Å². The van der Waals surface area contributed by atoms with Crippen LogP contribution in [0.1, 0.15) is 33.6 Å². The molecule has 5 nitrogen and oxygen atoms in total. The number of piperazine rings is 1. The van der Waals surface area contributed by atoms with Crippen molar-refractivity contribution in [3.63, 3.8) is 0 Å². The van der Waals surface area contributed by atoms with E-state index in [1.165, 1.54) is 16.3 Å². The number of hydrogen-bond acceptors (Lipinski definition) is 5. The summed E-state index contributed by atoms with van der Waals surface area (Å²) in [7, 11) is 0. The summed E-state index contributed by atoms with van der Waals surface area (Å²) in [6, 6.07) is 0. The Labute approximate surface area is 148 Å². The zero-order valence-corrected chi connectivity index (χ0v) is 15.5. The van der Waals surface area contributed by atoms with Gasteiger partial charge in [-0.15, -0.1) is 17.5 Å². The van der Waals surface area contributed by atoms with Crippen molar-refractivity contribution in [1.29, 1.82) is 0 Å². The first-order chi connectivity index (χ1) is 11.4. The van der Waals surface area contributed by atoms with Crippen molar-refractivity contribution >= 4 is 23.6 Å². The van der Waals surface area contributed by atoms with Crippen LogP contribution >= 0.6 is 11.8 Å². The van der Waals surface area contributed by atoms with Crippen LogP contribution in [0.15, 0.2) is 33.6 Å². The van der Waals surface area contributed by atoms with E-state index in [2.05, 4.69) is 15.6 Å². The highest BCUT2D eigenvalue weighted by atomic mass is 32.2. The normalized spacial score (nSPS) is 26.5. The Balaban J connectivity index is 1.67. The first-order valence-corrected chi connectivity index (χ1v) is 9.48. The summed E-state index contributed by atoms with van der Waals surface area (Å²) in [6.07, 6.45) is 5.52. The highest BCUT2D eigenvalue weighted by molar-refractivity contribution is 8.04. The lowest BCUT2D eigenvalue weighted by Gasteiger charge is -2.38. The lowest BCUT2D eigenvalue weighted by molar-refractivity contribution is 0.0167. The summed E-state index contributed by atoms with van der Waals surface area (Å²) in [6.45, 7) is 8.78. The van der Waals surface area contributed by atoms with Crippen LogP contribution < -0.4 is 0 Å². The number of ether oxygens (including phenoxy) is 1. The molecule has 3 heterocycles. The van der Waals surface area contributed by atoms with Crippen LogP contribution in [0.2, 0.25) is 0 Å². The molecule has 0 saturated carbocycles. The quantitative estimate of drug-likeness (QED) is 0.682. The molecule has 0 radical (unpaired) electrons. The SMILES string of the molecule is CC(C)(C)OC(=O)N1CCN(/C2=C3\SCC\C3=N\C=C=CC2)CC1. The van der Waals surface area contributed by atoms with Crippen molar-refractivity contribution < 1.29 is 9.53 Å². The summed E-state index contributed by atoms with van der Waals surface area (Å²) in [4.78, 5) is 22.3. The van der Waals surface area contributed by atoms with Crippen LogP contribution in [0, 0.1) is 0 Å². The van der Waals surface area contributed by atoms with Gasteiger partial charge in [0, 0.05) is 55.4 Å². The third-order valence-electron chi connectivity index (χ3n) is 4.13. The van der Waals surface area contributed by atoms with Gasteiger partial charge in [-0.2, -0.15) is 0 Å². The average Bonchev–Trinajstić information content (AvgIpc) is 2.93. The molecule has 2 saturated heterocycles. The second kappa shape index (κ2) is 7.08. The van der Waals surface area contributed by atoms with Crippen LogP contribution in [0.5, 0.6) is 0 Å². The highest BCUT2D eigenvalue weighted by Crippen LogP contribution is 2.35. The minimum absolute atomic E-state index is 0.210. The van der Waals surface area contributed by atoms with Gasteiger partial charge in [0.2, 0.25) is 0 Å². The lowest BCUT2D eigenvalue weighted by atomic mass is 10.1. The van der Waals surface area contributed by atoms with E-state index in [-0.39, 0.29) is 6.09 Å². The Morgan fingerprint density at radius 3 is 2.75 bits per heavy atom. The van der Waals surface area contributed by atoms with Gasteiger partial charge in [-0.25, -0.2) is 4.79 Å². The predicted octanol–water partition coefficient (Wildman–Crippen LogP) is 3.40. The number of amides is 1. The summed E-state index contributed by atoms with van der Waals surface area (Å²) in [5, 5.41) is 0. The molecule has 0 bridgehead atoms. The first kappa shape index (κ1) is 17.2. The largest absolute Gasteiger partial charge is 0.444 e. The molecule has 0 aromatic rings. The maximum atomic E-state index is 12.2. The molecule has 0 unspecified atom stereocenters. The smallest absolute Gasteiger partial charge is 0.410 e. The second-order valence-corrected chi connectivity index (χ2v) is 8.21. The summed E-state index contributed by atoms with van der Waals surface area (Å²) in [5.74, 6) is 1.10. The fourth-order valence-corrected chi connectivity index (χ4v) is 4.19. The monoisotopic (exact) mass is 347 g/mol. The molecule has 0 N–H and O–H groups in total. The minimum Gasteiger partial charge on any atom is -0.444 e. The molecule has 0 aromatic carbocycles. The van der Waals surface area contributed by atoms with Crippen LogP contribution in [0.25, 0.3) is 0 Å². The van der Waals surface area contributed by atoms with Gasteiger partial charge in [0.05, 0.1) is 11.9 Å². The highest BCUT2D eigenvalue weighted by Gasteiger charge is 2.29. The van der Waals surface area contributed by atoms with E-state index in [9.17, 15) is 4.79 Å². The summed E-state index contributed by atoms with van der Waals surface area (Å²) >= 11 is 1.90. The molecule has 0 aliphatic carbocycles. The van der Waals surface area contributed by atoms with E-state index >= 15 is 0 Å². The molecule has 130 valence electrons. The van der Waals surface area contributed by atoms with Crippen LogP contribution in [-0.2, 0) is 4.74 Å². The molecule has 3 aliphatic rings. The molecule has 3 rings (SSSR count). The third kappa shape index (κ3) is 4.05. The fraction of sp³-hybridized carbons (Fsp3) is 0.611. The minimum atomic E-state index is -0.443. The van der Waals surface area contributed by atoms with Crippen molar-refractivity contribution in [3.8, 4) is 0 Å². The topological polar surface area (TPSA) is 45.1 Å². The van der Waals surface area contributed by atoms with Crippen molar-refractivity contribution in [2.24, 2.45) is 4.99 Å². The lowest BCUT2D eigenvalue weighted by Crippen LogP contribution is -2.49. The molecule has 3 aliphatic heterocycles. The van der Waals surface area contributed by atoms with E-state index < -0.39 is 5.60 Å². The molecule has 0 aromatic heterocycles. The van der Waals surface area contributed by atoms with Crippen molar-refractivity contribution in [2.45, 2.75) is 39.2 Å². The predicted molar refractivity (Wildman–Crippen MR) is 98.2 cm³/mol. The van der Waals surface area contributed by atoms with Crippen molar-refractivity contribution in [3.05, 3.63) is 28.6 Å². The number of aliphatic imine (C=N–C) groups is 1. The molecule has 0 atom stereocenters. The number of thioether (sulfide) groups is 1. The Bertz CT molecular complexity index is 631. The average molecular weight is 347 g/mol. The summed E-state index contributed by atoms with van der Waals surface area (Å²) < 4.78 is 5.48. The molecule has 2 fully saturated rings. The van der Waals surface area contributed by atoms with Gasteiger partial charge < -0.3 is 14.5 Å². The molecular weight excluding hydrogens is 322 g/mol. The second-order valence-electron chi connectivity index (χ2n) is 7.11. The number of nitrogens with zero attached hydrogens (tertiary/aromatic N) is 3. The number of carbonyl (C=O) groups excluding carboxylic acids is 1. The number of hydrogen-bond donors (Lipinski definition) is 0. The van der Waals surface area contributed by atoms with Gasteiger partial charge in [-0.1, -0.05) is 0 Å². The van der Waals surface area contributed by atoms with E-state index in [4.69, 9.17) is 4.74 Å². The van der Waals surface area contributed by atoms with E-state index in [0.717, 1.165) is 31.7 Å². The maximum Gasteiger partial charge on any atom is 0.410 e. The van der Waals surface area contributed by atoms with Crippen molar-refractivity contribution in [1.82, 2.24) is 9.80 Å². The molecule has 1 amide bonds. The Hall–Kier alpha value is -1.65. The molecular formula is C18H25N3O2S. The third-order valence-corrected chi connectivity index (χ3v) is 5.30. The first-order valence-electron chi connectivity index (χ1n) is 8.49. The van der Waals surface area contributed by atoms with Gasteiger partial charge in [0.1, 0.15) is 5.60 Å². The van der Waals surface area contributed by atoms with Gasteiger partial charge in [0.15, 0.2) is 0 Å². The van der Waals surface area contributed by atoms with E-state index in [0.29, 0.717) is 13.1 Å². The standard InChI is InChI=1S/C18H25N3O2S/c1-18(2,3)23-17(22)21-11-9-20(10-12-21)15-6-4-5-8-19-14-7-13-24-16(14)15/h4,8H,6-7,9-13H2,1-3H3/b16-15-,19-14-. The van der Waals surface area contributed by atoms with Crippen LogP contribution in [-0.4, -0.2) is 59.1 Å². The maximum absolute atomic E-state index is 12.2. The van der Waals surface area contributed by atoms with Gasteiger partial charge in [0.25, 0.3) is 0 Å². The van der Waals surface area contributed by atoms with E-state index in [1.807, 2.05) is 43.5 Å². The molecule has 6 heteroatoms. The molecule has 24 heavy (non-hydrogen) atoms. The Kier molecular flexibility index (Phi) is 5.07. The summed E-state index contributed by atoms with van der Waals surface area (Å²) in [5.41, 5.74) is 5.21. The Morgan fingerprint density at radius 1 is 1.29 bits per heavy atom. The number of fused-ring (bicyclic) bond motifs is 1. The Morgan fingerprint density at radius 2 is 2.04 bits per heavy atom. The zero-order valence-electron chi connectivity index (χ0n) is 14.7. The number of carbonyl (C=O) groups is 1. The molecule has 0 spiro atoms. The van der Waals surface area contributed by atoms with Crippen LogP contribution in [0.3, 0.4) is 0 Å². The van der Waals surface area contributed by atoms with Gasteiger partial charge in [-0.05, 0) is 26.8 Å². The zero-order chi connectivity index (χ0) is 17.2. The van der Waals surface area contributed by atoms with Gasteiger partial charge >= 0.3 is 6.09 Å². The van der Waals surface area contributed by atoms with Gasteiger partial charge in [-0.3, -0.25) is 4.99 Å². The van der Waals surface area contributed by atoms with Crippen molar-refractivity contribution in [2.75, 3.05) is 31.9 Å². The van der Waals surface area contributed by atoms with Crippen LogP contribution in [0.4, 0.5) is 4.79 Å².